The molecule has 0 saturated carbocycles. The number of rotatable bonds is 33. The Morgan fingerprint density at radius 3 is 0.883 bits per heavy atom. The lowest BCUT2D eigenvalue weighted by atomic mass is 9.97. The number of nitrogen functional groups attached to an aromatic ring is 3. The van der Waals surface area contributed by atoms with E-state index in [-0.39, 0.29) is 68.2 Å². The van der Waals surface area contributed by atoms with Crippen molar-refractivity contribution >= 4 is 91.6 Å². The van der Waals surface area contributed by atoms with Crippen LogP contribution in [0.5, 0.6) is 17.2 Å². The first-order valence-corrected chi connectivity index (χ1v) is 42.7. The summed E-state index contributed by atoms with van der Waals surface area (Å²) < 4.78 is 201. The number of carbonyl (C=O) groups excluding carboxylic acids is 3. The van der Waals surface area contributed by atoms with Gasteiger partial charge < -0.3 is 88.2 Å². The number of aromatic amines is 3. The van der Waals surface area contributed by atoms with Gasteiger partial charge in [-0.05, 0) is 96.1 Å². The molecular weight excluding hydrogens is 1660 g/mol. The molecule has 36 nitrogen and oxygen atoms in total. The Hall–Kier alpha value is -9.96. The number of H-pyrrole nitrogens is 3. The van der Waals surface area contributed by atoms with Gasteiger partial charge in [0.05, 0.1) is 90.5 Å². The molecule has 3 aromatic carbocycles. The number of hydrogen-bond donors (Lipinski definition) is 9. The Kier molecular flexibility index (Phi) is 29.6. The topological polar surface area (TPSA) is 504 Å². The summed E-state index contributed by atoms with van der Waals surface area (Å²) >= 11 is 0. The molecule has 3 saturated heterocycles. The van der Waals surface area contributed by atoms with Gasteiger partial charge in [0, 0.05) is 18.6 Å². The molecule has 0 aliphatic carbocycles. The van der Waals surface area contributed by atoms with E-state index in [9.17, 15) is 71.0 Å². The molecule has 9 heterocycles. The number of aromatic nitrogens is 9. The van der Waals surface area contributed by atoms with Gasteiger partial charge >= 0.3 is 40.7 Å². The van der Waals surface area contributed by atoms with Gasteiger partial charge in [0.25, 0.3) is 16.7 Å². The second-order valence-electron chi connectivity index (χ2n) is 29.5. The highest BCUT2D eigenvalue weighted by Gasteiger charge is 2.62. The Labute approximate surface area is 680 Å². The van der Waals surface area contributed by atoms with Gasteiger partial charge in [0.15, 0.2) is 35.6 Å². The number of ether oxygens (including phenoxy) is 6. The van der Waals surface area contributed by atoms with Crippen LogP contribution < -0.4 is 47.5 Å². The minimum atomic E-state index is -4.15. The number of fused-ring (bicyclic) bond motifs is 3. The summed E-state index contributed by atoms with van der Waals surface area (Å²) in [6.07, 6.45) is -14.8. The third-order valence-corrected chi connectivity index (χ3v) is 25.0. The van der Waals surface area contributed by atoms with E-state index in [1.165, 1.54) is 94.0 Å². The van der Waals surface area contributed by atoms with E-state index in [2.05, 4.69) is 29.9 Å². The average Bonchev–Trinajstić information content (AvgIpc) is 1.60. The molecule has 0 bridgehead atoms. The minimum Gasteiger partial charge on any atom is -0.463 e. The maximum absolute atomic E-state index is 15.9. The highest BCUT2D eigenvalue weighted by atomic mass is 31.2. The summed E-state index contributed by atoms with van der Waals surface area (Å²) in [5, 5.41) is 32.4. The first kappa shape index (κ1) is 92.3. The van der Waals surface area contributed by atoms with Gasteiger partial charge in [0.2, 0.25) is 34.9 Å². The number of esters is 3. The van der Waals surface area contributed by atoms with Crippen molar-refractivity contribution < 1.29 is 125 Å². The van der Waals surface area contributed by atoms with Crippen molar-refractivity contribution in [2.45, 2.75) is 153 Å². The summed E-state index contributed by atoms with van der Waals surface area (Å²) in [5.74, 6) is -4.87. The quantitative estimate of drug-likeness (QED) is 0.00800. The summed E-state index contributed by atoms with van der Waals surface area (Å²) in [4.78, 5) is 92.7. The number of nitrogens with one attached hydrogen (secondary N) is 3. The lowest BCUT2D eigenvalue weighted by Gasteiger charge is -2.26. The second kappa shape index (κ2) is 38.4. The molecule has 12 N–H and O–H groups in total. The van der Waals surface area contributed by atoms with Crippen molar-refractivity contribution in [1.82, 2.24) is 43.6 Å². The molecule has 3 aliphatic heterocycles. The van der Waals surface area contributed by atoms with Gasteiger partial charge in [-0.3, -0.25) is 57.3 Å². The number of aliphatic hydroxyl groups excluding tert-OH is 3. The lowest BCUT2D eigenvalue weighted by molar-refractivity contribution is -0.152. The molecule has 12 rings (SSSR count). The molecule has 3 fully saturated rings. The van der Waals surface area contributed by atoms with Gasteiger partial charge in [-0.1, -0.05) is 75.4 Å². The molecule has 0 spiro atoms. The van der Waals surface area contributed by atoms with Crippen LogP contribution in [-0.2, 0) is 70.1 Å². The van der Waals surface area contributed by atoms with Crippen molar-refractivity contribution in [3.05, 3.63) is 159 Å². The SMILES string of the molecule is CC(C)OC(=O)[C@H](C)CP(=O)(OC[C@H]1O[C@@H](n2ccc3c(=O)[nH]c(N)nc32)C(F)(CF)[C@H]1O)Oc1ccccc1.CC(C)OC(=O)[C@H](C)C[P@@](=O)(OC[C@H]1O[C@@H](n2ccc3c(=O)[nH]c(N)nc32)C(F)(CF)[C@H]1O)Oc1ccccc1.CC(C)OC(=O)[C@H](C)C[P@](=O)(OC[C@H]1O[C@@H](n2ccc3c(=O)[nH]c(N)nc32)C(F)(CF)[C@H]1O)Oc1ccccc1. The summed E-state index contributed by atoms with van der Waals surface area (Å²) in [6, 6.07) is 28.1. The van der Waals surface area contributed by atoms with Crippen molar-refractivity contribution in [3.8, 4) is 17.2 Å². The van der Waals surface area contributed by atoms with Crippen molar-refractivity contribution in [1.29, 1.82) is 0 Å². The number of halogens is 6. The zero-order valence-electron chi connectivity index (χ0n) is 66.1. The Balaban J connectivity index is 0.000000189. The largest absolute Gasteiger partial charge is 0.463 e. The number of hydrogen-bond acceptors (Lipinski definition) is 30. The third kappa shape index (κ3) is 21.1. The number of anilines is 3. The Morgan fingerprint density at radius 2 is 0.667 bits per heavy atom. The molecule has 3 aliphatic rings. The third-order valence-electron chi connectivity index (χ3n) is 18.9. The normalized spacial score (nSPS) is 25.1. The maximum atomic E-state index is 15.9. The molecule has 654 valence electrons. The summed E-state index contributed by atoms with van der Waals surface area (Å²) in [6.45, 7) is 7.40. The lowest BCUT2D eigenvalue weighted by Crippen LogP contribution is -2.45. The van der Waals surface area contributed by atoms with Crippen LogP contribution in [0.3, 0.4) is 0 Å². The molecule has 45 heteroatoms. The van der Waals surface area contributed by atoms with E-state index >= 15 is 13.2 Å². The summed E-state index contributed by atoms with van der Waals surface area (Å²) in [7, 11) is -12.4. The van der Waals surface area contributed by atoms with Crippen LogP contribution in [0.2, 0.25) is 0 Å². The first-order valence-electron chi connectivity index (χ1n) is 37.5. The number of nitrogens with two attached hydrogens (primary N) is 3. The zero-order chi connectivity index (χ0) is 87.7. The molecule has 120 heavy (non-hydrogen) atoms. The van der Waals surface area contributed by atoms with E-state index in [4.69, 9.17) is 72.8 Å². The molecule has 9 aromatic rings. The van der Waals surface area contributed by atoms with E-state index in [1.54, 1.807) is 96.1 Å². The Bertz CT molecular complexity index is 4870. The van der Waals surface area contributed by atoms with Crippen LogP contribution in [0, 0.1) is 17.8 Å². The van der Waals surface area contributed by atoms with Crippen molar-refractivity contribution in [3.63, 3.8) is 0 Å². The number of benzene rings is 3. The molecule has 4 unspecified atom stereocenters. The van der Waals surface area contributed by atoms with E-state index in [0.29, 0.717) is 0 Å². The van der Waals surface area contributed by atoms with Crippen LogP contribution in [0.4, 0.5) is 44.2 Å². The predicted octanol–water partition coefficient (Wildman–Crippen LogP) is 9.36. The molecule has 6 aromatic heterocycles. The summed E-state index contributed by atoms with van der Waals surface area (Å²) in [5.41, 5.74) is 5.80. The predicted molar refractivity (Wildman–Crippen MR) is 421 cm³/mol. The number of para-hydroxylation sites is 3. The van der Waals surface area contributed by atoms with E-state index in [0.717, 1.165) is 13.7 Å². The van der Waals surface area contributed by atoms with Crippen LogP contribution >= 0.6 is 22.8 Å². The molecule has 18 atom stereocenters. The Morgan fingerprint density at radius 1 is 0.433 bits per heavy atom. The average molecular weight is 1750 g/mol. The standard InChI is InChI=1S/3C25H31F2N4O8P/c3*1-14(2)37-22(34)15(3)12-40(35,39-16-7-5-4-6-8-16)36-11-18-19(32)25(27,13-26)23(38-18)31-10-9-17-20(31)29-24(28)30-21(17)33/h3*4-10,14-15,18-19,23,32H,11-13H2,1-3H3,(H3,28,29,30,33)/t15-,18-,19+,23-,25?,40?;15-,18-,19+,23-,25?,40+;15-,18-,19+,23-,25?,40-/m111/s1. The van der Waals surface area contributed by atoms with Crippen LogP contribution in [0.15, 0.2) is 142 Å². The van der Waals surface area contributed by atoms with E-state index in [1.807, 2.05) is 0 Å². The smallest absolute Gasteiger partial charge is 0.380 e. The van der Waals surface area contributed by atoms with E-state index < -0.39 is 224 Å². The maximum Gasteiger partial charge on any atom is 0.380 e. The van der Waals surface area contributed by atoms with Gasteiger partial charge in [-0.2, -0.15) is 15.0 Å². The fraction of sp³-hybridized carbons (Fsp3) is 0.480. The van der Waals surface area contributed by atoms with Crippen LogP contribution in [0.25, 0.3) is 33.1 Å². The highest BCUT2D eigenvalue weighted by molar-refractivity contribution is 7.55. The number of nitrogens with zero attached hydrogens (tertiary/aromatic N) is 6. The number of aliphatic hydroxyl groups is 3. The number of alkyl halides is 6. The minimum absolute atomic E-state index is 0.0382. The fourth-order valence-corrected chi connectivity index (χ4v) is 18.6. The van der Waals surface area contributed by atoms with Gasteiger partial charge in [-0.15, -0.1) is 0 Å². The van der Waals surface area contributed by atoms with Crippen LogP contribution in [-0.4, -0.2) is 207 Å². The monoisotopic (exact) mass is 1750 g/mol. The highest BCUT2D eigenvalue weighted by Crippen LogP contribution is 2.56. The van der Waals surface area contributed by atoms with Crippen molar-refractivity contribution in [2.24, 2.45) is 17.8 Å². The first-order chi connectivity index (χ1) is 56.6. The van der Waals surface area contributed by atoms with Gasteiger partial charge in [0.1, 0.15) is 73.9 Å². The fourth-order valence-electron chi connectivity index (χ4n) is 13.0. The van der Waals surface area contributed by atoms with Crippen molar-refractivity contribution in [2.75, 3.05) is 75.5 Å². The van der Waals surface area contributed by atoms with Gasteiger partial charge in [-0.25, -0.2) is 40.0 Å². The molecule has 0 amide bonds. The second-order valence-corrected chi connectivity index (χ2v) is 35.6. The molecule has 0 radical (unpaired) electrons. The zero-order valence-corrected chi connectivity index (χ0v) is 68.8. The van der Waals surface area contributed by atoms with Crippen LogP contribution in [0.1, 0.15) is 81.0 Å². The number of carbonyl (C=O) groups is 3. The molecular formula is C75H93F6N12O24P3.